The summed E-state index contributed by atoms with van der Waals surface area (Å²) in [6.07, 6.45) is 6.17. The Kier molecular flexibility index (Phi) is 4.32. The van der Waals surface area contributed by atoms with Crippen LogP contribution in [0.5, 0.6) is 0 Å². The quantitative estimate of drug-likeness (QED) is 0.891. The van der Waals surface area contributed by atoms with Gasteiger partial charge in [-0.2, -0.15) is 0 Å². The molecule has 0 amide bonds. The van der Waals surface area contributed by atoms with Crippen LogP contribution in [0.1, 0.15) is 37.7 Å². The second-order valence-electron chi connectivity index (χ2n) is 6.04. The SMILES string of the molecule is Fc1ccc(CN2CCCCC2CNC2CC2)c(F)c1. The highest BCUT2D eigenvalue weighted by Crippen LogP contribution is 2.23. The zero-order chi connectivity index (χ0) is 13.9. The standard InChI is InChI=1S/C16H22F2N2/c17-13-5-4-12(16(18)9-13)11-20-8-2-1-3-15(20)10-19-14-6-7-14/h4-5,9,14-15,19H,1-3,6-8,10-11H2. The minimum Gasteiger partial charge on any atom is -0.312 e. The molecule has 1 aliphatic carbocycles. The number of hydrogen-bond acceptors (Lipinski definition) is 2. The molecular weight excluding hydrogens is 258 g/mol. The number of hydrogen-bond donors (Lipinski definition) is 1. The van der Waals surface area contributed by atoms with Crippen LogP contribution in [-0.4, -0.2) is 30.1 Å². The van der Waals surface area contributed by atoms with Gasteiger partial charge < -0.3 is 5.32 Å². The van der Waals surface area contributed by atoms with Crippen LogP contribution in [0.3, 0.4) is 0 Å². The van der Waals surface area contributed by atoms with E-state index < -0.39 is 11.6 Å². The molecule has 110 valence electrons. The molecule has 0 radical (unpaired) electrons. The second-order valence-corrected chi connectivity index (χ2v) is 6.04. The van der Waals surface area contributed by atoms with Crippen LogP contribution in [0.15, 0.2) is 18.2 Å². The van der Waals surface area contributed by atoms with Crippen LogP contribution in [0.25, 0.3) is 0 Å². The van der Waals surface area contributed by atoms with Crippen molar-refractivity contribution >= 4 is 0 Å². The summed E-state index contributed by atoms with van der Waals surface area (Å²) in [6.45, 7) is 2.59. The highest BCUT2D eigenvalue weighted by Gasteiger charge is 2.26. The molecular formula is C16H22F2N2. The van der Waals surface area contributed by atoms with E-state index in [9.17, 15) is 8.78 Å². The minimum absolute atomic E-state index is 0.426. The Morgan fingerprint density at radius 3 is 2.75 bits per heavy atom. The van der Waals surface area contributed by atoms with Crippen molar-refractivity contribution in [3.8, 4) is 0 Å². The van der Waals surface area contributed by atoms with Crippen molar-refractivity contribution in [2.75, 3.05) is 13.1 Å². The number of rotatable bonds is 5. The van der Waals surface area contributed by atoms with E-state index in [2.05, 4.69) is 10.2 Å². The lowest BCUT2D eigenvalue weighted by atomic mass is 10.0. The molecule has 20 heavy (non-hydrogen) atoms. The van der Waals surface area contributed by atoms with E-state index in [0.717, 1.165) is 19.2 Å². The van der Waals surface area contributed by atoms with E-state index in [1.807, 2.05) is 0 Å². The van der Waals surface area contributed by atoms with Crippen molar-refractivity contribution in [2.45, 2.75) is 50.7 Å². The van der Waals surface area contributed by atoms with Gasteiger partial charge in [-0.05, 0) is 38.3 Å². The summed E-state index contributed by atoms with van der Waals surface area (Å²) in [7, 11) is 0. The first kappa shape index (κ1) is 14.0. The van der Waals surface area contributed by atoms with Crippen LogP contribution < -0.4 is 5.32 Å². The first-order chi connectivity index (χ1) is 9.72. The van der Waals surface area contributed by atoms with Crippen LogP contribution in [0, 0.1) is 11.6 Å². The number of nitrogens with one attached hydrogen (secondary N) is 1. The number of benzene rings is 1. The van der Waals surface area contributed by atoms with E-state index in [1.165, 1.54) is 38.2 Å². The van der Waals surface area contributed by atoms with E-state index >= 15 is 0 Å². The first-order valence-corrected chi connectivity index (χ1v) is 7.64. The summed E-state index contributed by atoms with van der Waals surface area (Å²) in [5, 5.41) is 3.57. The molecule has 1 aromatic carbocycles. The number of halogens is 2. The van der Waals surface area contributed by atoms with Crippen molar-refractivity contribution in [1.82, 2.24) is 10.2 Å². The highest BCUT2D eigenvalue weighted by atomic mass is 19.1. The van der Waals surface area contributed by atoms with Crippen molar-refractivity contribution < 1.29 is 8.78 Å². The fourth-order valence-corrected chi connectivity index (χ4v) is 2.96. The maximum Gasteiger partial charge on any atom is 0.130 e. The molecule has 3 rings (SSSR count). The smallest absolute Gasteiger partial charge is 0.130 e. The lowest BCUT2D eigenvalue weighted by molar-refractivity contribution is 0.135. The molecule has 1 saturated carbocycles. The first-order valence-electron chi connectivity index (χ1n) is 7.64. The van der Waals surface area contributed by atoms with Crippen LogP contribution in [0.2, 0.25) is 0 Å². The van der Waals surface area contributed by atoms with Gasteiger partial charge in [0.25, 0.3) is 0 Å². The van der Waals surface area contributed by atoms with Gasteiger partial charge in [0.05, 0.1) is 0 Å². The fourth-order valence-electron chi connectivity index (χ4n) is 2.96. The topological polar surface area (TPSA) is 15.3 Å². The van der Waals surface area contributed by atoms with Crippen molar-refractivity contribution in [3.63, 3.8) is 0 Å². The van der Waals surface area contributed by atoms with Gasteiger partial charge in [-0.25, -0.2) is 8.78 Å². The lowest BCUT2D eigenvalue weighted by Crippen LogP contribution is -2.45. The molecule has 1 aromatic rings. The average Bonchev–Trinajstić information content (AvgIpc) is 3.25. The Bertz CT molecular complexity index is 460. The Balaban J connectivity index is 1.62. The summed E-state index contributed by atoms with van der Waals surface area (Å²) >= 11 is 0. The Labute approximate surface area is 119 Å². The summed E-state index contributed by atoms with van der Waals surface area (Å²) in [5.74, 6) is -0.929. The third kappa shape index (κ3) is 3.55. The average molecular weight is 280 g/mol. The molecule has 1 N–H and O–H groups in total. The molecule has 4 heteroatoms. The molecule has 1 heterocycles. The zero-order valence-electron chi connectivity index (χ0n) is 11.7. The molecule has 2 nitrogen and oxygen atoms in total. The predicted molar refractivity (Wildman–Crippen MR) is 75.4 cm³/mol. The van der Waals surface area contributed by atoms with Gasteiger partial charge in [0, 0.05) is 36.8 Å². The Morgan fingerprint density at radius 1 is 1.15 bits per heavy atom. The van der Waals surface area contributed by atoms with Gasteiger partial charge in [-0.3, -0.25) is 4.90 Å². The number of nitrogens with zero attached hydrogens (tertiary/aromatic N) is 1. The summed E-state index contributed by atoms with van der Waals surface area (Å²) < 4.78 is 26.7. The van der Waals surface area contributed by atoms with Gasteiger partial charge in [-0.15, -0.1) is 0 Å². The molecule has 1 aliphatic heterocycles. The fraction of sp³-hybridized carbons (Fsp3) is 0.625. The third-order valence-electron chi connectivity index (χ3n) is 4.36. The zero-order valence-corrected chi connectivity index (χ0v) is 11.7. The van der Waals surface area contributed by atoms with Gasteiger partial charge in [0.15, 0.2) is 0 Å². The van der Waals surface area contributed by atoms with Crippen molar-refractivity contribution in [3.05, 3.63) is 35.4 Å². The van der Waals surface area contributed by atoms with Gasteiger partial charge >= 0.3 is 0 Å². The molecule has 0 bridgehead atoms. The van der Waals surface area contributed by atoms with Crippen molar-refractivity contribution in [2.24, 2.45) is 0 Å². The maximum atomic E-state index is 13.8. The monoisotopic (exact) mass is 280 g/mol. The molecule has 2 fully saturated rings. The summed E-state index contributed by atoms with van der Waals surface area (Å²) in [4.78, 5) is 2.34. The highest BCUT2D eigenvalue weighted by molar-refractivity contribution is 5.18. The van der Waals surface area contributed by atoms with Crippen LogP contribution in [-0.2, 0) is 6.54 Å². The van der Waals surface area contributed by atoms with Gasteiger partial charge in [0.2, 0.25) is 0 Å². The van der Waals surface area contributed by atoms with Crippen LogP contribution in [0.4, 0.5) is 8.78 Å². The predicted octanol–water partition coefficient (Wildman–Crippen LogP) is 3.07. The largest absolute Gasteiger partial charge is 0.312 e. The van der Waals surface area contributed by atoms with Crippen molar-refractivity contribution in [1.29, 1.82) is 0 Å². The molecule has 0 aromatic heterocycles. The summed E-state index contributed by atoms with van der Waals surface area (Å²) in [6, 6.07) is 5.09. The number of piperidine rings is 1. The molecule has 1 unspecified atom stereocenters. The molecule has 1 saturated heterocycles. The van der Waals surface area contributed by atoms with Gasteiger partial charge in [0.1, 0.15) is 11.6 Å². The van der Waals surface area contributed by atoms with E-state index in [4.69, 9.17) is 0 Å². The van der Waals surface area contributed by atoms with E-state index in [1.54, 1.807) is 6.07 Å². The number of likely N-dealkylation sites (tertiary alicyclic amines) is 1. The molecule has 0 spiro atoms. The third-order valence-corrected chi connectivity index (χ3v) is 4.36. The molecule has 1 atom stereocenters. The lowest BCUT2D eigenvalue weighted by Gasteiger charge is -2.36. The Hall–Kier alpha value is -1.00. The maximum absolute atomic E-state index is 13.8. The second kappa shape index (κ2) is 6.19. The van der Waals surface area contributed by atoms with Gasteiger partial charge in [-0.1, -0.05) is 12.5 Å². The Morgan fingerprint density at radius 2 is 2.00 bits per heavy atom. The summed E-state index contributed by atoms with van der Waals surface area (Å²) in [5.41, 5.74) is 0.602. The van der Waals surface area contributed by atoms with E-state index in [-0.39, 0.29) is 0 Å². The molecule has 2 aliphatic rings. The van der Waals surface area contributed by atoms with Crippen LogP contribution >= 0.6 is 0 Å². The minimum atomic E-state index is -0.503. The van der Waals surface area contributed by atoms with E-state index in [0.29, 0.717) is 24.2 Å². The normalized spacial score (nSPS) is 24.0.